The second-order valence-corrected chi connectivity index (χ2v) is 8.64. The summed E-state index contributed by atoms with van der Waals surface area (Å²) >= 11 is 0. The van der Waals surface area contributed by atoms with Crippen LogP contribution in [0.15, 0.2) is 79.3 Å². The number of amides is 2. The molecule has 1 unspecified atom stereocenters. The van der Waals surface area contributed by atoms with Crippen molar-refractivity contribution in [1.82, 2.24) is 19.2 Å². The molecule has 2 aromatic carbocycles. The Morgan fingerprint density at radius 3 is 2.56 bits per heavy atom. The lowest BCUT2D eigenvalue weighted by molar-refractivity contribution is -0.121. The fourth-order valence-electron chi connectivity index (χ4n) is 4.52. The highest BCUT2D eigenvalue weighted by atomic mass is 19.1. The smallest absolute Gasteiger partial charge is 0.259 e. The van der Waals surface area contributed by atoms with Gasteiger partial charge in [0.1, 0.15) is 17.1 Å². The number of halogens is 1. The summed E-state index contributed by atoms with van der Waals surface area (Å²) in [7, 11) is 1.56. The Hall–Kier alpha value is -4.40. The highest BCUT2D eigenvalue weighted by molar-refractivity contribution is 5.98. The summed E-state index contributed by atoms with van der Waals surface area (Å²) in [4.78, 5) is 28.4. The highest BCUT2D eigenvalue weighted by Crippen LogP contribution is 2.27. The van der Waals surface area contributed by atoms with E-state index in [1.807, 2.05) is 36.7 Å². The van der Waals surface area contributed by atoms with Crippen LogP contribution in [0.1, 0.15) is 23.2 Å². The molecule has 3 heterocycles. The number of likely N-dealkylation sites (tertiary alicyclic amines) is 1. The number of para-hydroxylation sites is 2. The summed E-state index contributed by atoms with van der Waals surface area (Å²) in [5.41, 5.74) is 1.64. The number of anilines is 1. The van der Waals surface area contributed by atoms with Gasteiger partial charge in [-0.05, 0) is 61.4 Å². The molecule has 1 fully saturated rings. The quantitative estimate of drug-likeness (QED) is 0.440. The number of hydrogen-bond donors (Lipinski definition) is 1. The van der Waals surface area contributed by atoms with Crippen molar-refractivity contribution in [3.63, 3.8) is 0 Å². The Kier molecular flexibility index (Phi) is 6.53. The van der Waals surface area contributed by atoms with E-state index in [0.717, 1.165) is 0 Å². The fourth-order valence-corrected chi connectivity index (χ4v) is 4.52. The topological polar surface area (TPSA) is 81.4 Å². The van der Waals surface area contributed by atoms with Gasteiger partial charge in [-0.1, -0.05) is 12.1 Å². The molecule has 0 bridgehead atoms. The van der Waals surface area contributed by atoms with E-state index in [9.17, 15) is 14.0 Å². The van der Waals surface area contributed by atoms with Gasteiger partial charge in [-0.25, -0.2) is 9.07 Å². The number of carbonyl (C=O) groups excluding carboxylic acids is 2. The average molecular weight is 488 g/mol. The van der Waals surface area contributed by atoms with E-state index < -0.39 is 0 Å². The molecule has 0 saturated carbocycles. The Labute approximate surface area is 207 Å². The lowest BCUT2D eigenvalue weighted by atomic mass is 9.96. The number of ether oxygens (including phenoxy) is 1. The van der Waals surface area contributed by atoms with Gasteiger partial charge in [0.15, 0.2) is 5.82 Å². The van der Waals surface area contributed by atoms with Crippen molar-refractivity contribution in [3.05, 3.63) is 90.6 Å². The van der Waals surface area contributed by atoms with Crippen molar-refractivity contribution < 1.29 is 18.7 Å². The minimum absolute atomic E-state index is 0.148. The molecule has 0 spiro atoms. The Morgan fingerprint density at radius 2 is 1.81 bits per heavy atom. The van der Waals surface area contributed by atoms with Crippen LogP contribution in [0.2, 0.25) is 0 Å². The number of aromatic nitrogens is 3. The first-order chi connectivity index (χ1) is 17.5. The van der Waals surface area contributed by atoms with Crippen molar-refractivity contribution >= 4 is 17.5 Å². The number of rotatable bonds is 6. The zero-order chi connectivity index (χ0) is 25.1. The van der Waals surface area contributed by atoms with Gasteiger partial charge < -0.3 is 19.5 Å². The van der Waals surface area contributed by atoms with E-state index in [1.54, 1.807) is 45.5 Å². The van der Waals surface area contributed by atoms with E-state index in [2.05, 4.69) is 10.4 Å². The molecule has 1 atom stereocenters. The molecule has 2 aromatic heterocycles. The monoisotopic (exact) mass is 487 g/mol. The summed E-state index contributed by atoms with van der Waals surface area (Å²) in [5.74, 6) is 0.0770. The SMILES string of the molecule is COc1ccccc1NC(=O)C1CCCN(C(=O)c2cnn(-c3ccc(F)cc3)c2-n2cccc2)C1. The minimum atomic E-state index is -0.352. The van der Waals surface area contributed by atoms with E-state index in [-0.39, 0.29) is 23.5 Å². The third kappa shape index (κ3) is 4.59. The molecule has 4 aromatic rings. The van der Waals surface area contributed by atoms with E-state index in [0.29, 0.717) is 54.4 Å². The molecular formula is C27H26FN5O3. The summed E-state index contributed by atoms with van der Waals surface area (Å²) in [6.07, 6.45) is 6.57. The van der Waals surface area contributed by atoms with Gasteiger partial charge in [0.2, 0.25) is 5.91 Å². The van der Waals surface area contributed by atoms with E-state index in [4.69, 9.17) is 4.74 Å². The van der Waals surface area contributed by atoms with Crippen LogP contribution in [0.3, 0.4) is 0 Å². The van der Waals surface area contributed by atoms with Crippen LogP contribution in [0.5, 0.6) is 5.75 Å². The first-order valence-corrected chi connectivity index (χ1v) is 11.8. The second kappa shape index (κ2) is 10.1. The highest BCUT2D eigenvalue weighted by Gasteiger charge is 2.32. The van der Waals surface area contributed by atoms with Crippen LogP contribution in [-0.4, -0.2) is 51.3 Å². The average Bonchev–Trinajstić information content (AvgIpc) is 3.59. The van der Waals surface area contributed by atoms with Crippen LogP contribution in [-0.2, 0) is 4.79 Å². The molecule has 1 aliphatic heterocycles. The van der Waals surface area contributed by atoms with Crippen LogP contribution in [0.4, 0.5) is 10.1 Å². The fraction of sp³-hybridized carbons (Fsp3) is 0.222. The first kappa shape index (κ1) is 23.3. The molecule has 8 nitrogen and oxygen atoms in total. The zero-order valence-corrected chi connectivity index (χ0v) is 19.8. The second-order valence-electron chi connectivity index (χ2n) is 8.64. The van der Waals surface area contributed by atoms with Gasteiger partial charge in [-0.15, -0.1) is 0 Å². The van der Waals surface area contributed by atoms with Gasteiger partial charge in [-0.2, -0.15) is 5.10 Å². The number of hydrogen-bond acceptors (Lipinski definition) is 4. The standard InChI is InChI=1S/C27H26FN5O3/c1-36-24-9-3-2-8-23(24)30-25(34)19-7-6-16-32(18-19)27(35)22-17-29-33(21-12-10-20(28)11-13-21)26(22)31-14-4-5-15-31/h2-5,8-15,17,19H,6-7,16,18H2,1H3,(H,30,34). The maximum absolute atomic E-state index is 13.7. The zero-order valence-electron chi connectivity index (χ0n) is 19.8. The maximum atomic E-state index is 13.7. The van der Waals surface area contributed by atoms with Gasteiger partial charge in [-0.3, -0.25) is 9.59 Å². The van der Waals surface area contributed by atoms with Gasteiger partial charge in [0.25, 0.3) is 5.91 Å². The Balaban J connectivity index is 1.39. The third-order valence-corrected chi connectivity index (χ3v) is 6.34. The van der Waals surface area contributed by atoms with Gasteiger partial charge in [0, 0.05) is 25.5 Å². The molecule has 5 rings (SSSR count). The predicted octanol–water partition coefficient (Wildman–Crippen LogP) is 4.30. The Morgan fingerprint density at radius 1 is 1.06 bits per heavy atom. The van der Waals surface area contributed by atoms with Crippen LogP contribution < -0.4 is 10.1 Å². The molecule has 1 saturated heterocycles. The predicted molar refractivity (Wildman–Crippen MR) is 133 cm³/mol. The largest absolute Gasteiger partial charge is 0.495 e. The number of carbonyl (C=O) groups is 2. The Bertz CT molecular complexity index is 1360. The van der Waals surface area contributed by atoms with Gasteiger partial charge in [0.05, 0.1) is 30.6 Å². The van der Waals surface area contributed by atoms with Crippen molar-refractivity contribution in [2.45, 2.75) is 12.8 Å². The molecule has 0 radical (unpaired) electrons. The van der Waals surface area contributed by atoms with Crippen molar-refractivity contribution in [1.29, 1.82) is 0 Å². The number of methoxy groups -OCH3 is 1. The van der Waals surface area contributed by atoms with Crippen LogP contribution in [0, 0.1) is 11.7 Å². The van der Waals surface area contributed by atoms with Crippen molar-refractivity contribution in [3.8, 4) is 17.3 Å². The van der Waals surface area contributed by atoms with Crippen molar-refractivity contribution in [2.75, 3.05) is 25.5 Å². The summed E-state index contributed by atoms with van der Waals surface area (Å²) in [5, 5.41) is 7.39. The number of nitrogens with one attached hydrogen (secondary N) is 1. The molecule has 9 heteroatoms. The summed E-state index contributed by atoms with van der Waals surface area (Å²) in [6, 6.07) is 16.9. The molecule has 2 amide bonds. The number of benzene rings is 2. The summed E-state index contributed by atoms with van der Waals surface area (Å²) < 4.78 is 22.3. The minimum Gasteiger partial charge on any atom is -0.495 e. The van der Waals surface area contributed by atoms with Gasteiger partial charge >= 0.3 is 0 Å². The van der Waals surface area contributed by atoms with E-state index >= 15 is 0 Å². The van der Waals surface area contributed by atoms with Crippen LogP contribution >= 0.6 is 0 Å². The molecule has 184 valence electrons. The third-order valence-electron chi connectivity index (χ3n) is 6.34. The van der Waals surface area contributed by atoms with Crippen LogP contribution in [0.25, 0.3) is 11.5 Å². The molecular weight excluding hydrogens is 461 g/mol. The molecule has 0 aliphatic carbocycles. The number of piperidine rings is 1. The lowest BCUT2D eigenvalue weighted by Gasteiger charge is -2.32. The molecule has 1 aliphatic rings. The maximum Gasteiger partial charge on any atom is 0.259 e. The number of nitrogens with zero attached hydrogens (tertiary/aromatic N) is 4. The van der Waals surface area contributed by atoms with E-state index in [1.165, 1.54) is 18.3 Å². The summed E-state index contributed by atoms with van der Waals surface area (Å²) in [6.45, 7) is 0.844. The first-order valence-electron chi connectivity index (χ1n) is 11.8. The molecule has 1 N–H and O–H groups in total. The van der Waals surface area contributed by atoms with Crippen molar-refractivity contribution in [2.24, 2.45) is 5.92 Å². The lowest BCUT2D eigenvalue weighted by Crippen LogP contribution is -2.44. The normalized spacial score (nSPS) is 15.5. The molecule has 36 heavy (non-hydrogen) atoms.